The summed E-state index contributed by atoms with van der Waals surface area (Å²) in [6.45, 7) is 5.42. The Morgan fingerprint density at radius 2 is 1.65 bits per heavy atom. The average molecular weight is 303 g/mol. The summed E-state index contributed by atoms with van der Waals surface area (Å²) in [6.07, 6.45) is 6.31. The van der Waals surface area contributed by atoms with E-state index in [4.69, 9.17) is 5.73 Å². The summed E-state index contributed by atoms with van der Waals surface area (Å²) in [5.41, 5.74) is 5.71. The zero-order valence-corrected chi connectivity index (χ0v) is 13.4. The molecule has 2 saturated heterocycles. The van der Waals surface area contributed by atoms with Crippen molar-refractivity contribution in [2.45, 2.75) is 45.4 Å². The van der Waals surface area contributed by atoms with Crippen LogP contribution >= 0.6 is 0 Å². The number of nitrogens with two attached hydrogens (primary N) is 1. The van der Waals surface area contributed by atoms with Gasteiger partial charge in [0.1, 0.15) is 0 Å². The lowest BCUT2D eigenvalue weighted by molar-refractivity contribution is 0.250. The van der Waals surface area contributed by atoms with Crippen molar-refractivity contribution in [3.63, 3.8) is 0 Å². The van der Waals surface area contributed by atoms with Gasteiger partial charge in [0.2, 0.25) is 0 Å². The second-order valence-corrected chi connectivity index (χ2v) is 8.14. The number of nitrogens with zero attached hydrogens (tertiary/aromatic N) is 2. The molecule has 118 valence electrons. The van der Waals surface area contributed by atoms with E-state index in [1.165, 1.54) is 0 Å². The maximum atomic E-state index is 12.8. The van der Waals surface area contributed by atoms with Crippen molar-refractivity contribution in [1.29, 1.82) is 0 Å². The summed E-state index contributed by atoms with van der Waals surface area (Å²) in [5.74, 6) is 1.02. The highest BCUT2D eigenvalue weighted by atomic mass is 32.2. The zero-order valence-electron chi connectivity index (χ0n) is 12.6. The van der Waals surface area contributed by atoms with Gasteiger partial charge in [-0.3, -0.25) is 0 Å². The van der Waals surface area contributed by atoms with E-state index in [2.05, 4.69) is 6.92 Å². The summed E-state index contributed by atoms with van der Waals surface area (Å²) in [5, 5.41) is 0. The van der Waals surface area contributed by atoms with Crippen LogP contribution in [-0.2, 0) is 10.2 Å². The van der Waals surface area contributed by atoms with Crippen LogP contribution in [0.1, 0.15) is 45.4 Å². The second-order valence-electron chi connectivity index (χ2n) is 6.21. The minimum Gasteiger partial charge on any atom is -0.330 e. The number of piperidine rings is 1. The van der Waals surface area contributed by atoms with Crippen molar-refractivity contribution in [2.75, 3.05) is 32.7 Å². The predicted octanol–water partition coefficient (Wildman–Crippen LogP) is 1.41. The van der Waals surface area contributed by atoms with Gasteiger partial charge in [0.05, 0.1) is 0 Å². The normalized spacial score (nSPS) is 31.1. The number of hydrogen-bond donors (Lipinski definition) is 1. The van der Waals surface area contributed by atoms with Crippen molar-refractivity contribution in [3.8, 4) is 0 Å². The van der Waals surface area contributed by atoms with Crippen molar-refractivity contribution >= 4 is 10.2 Å². The van der Waals surface area contributed by atoms with Crippen LogP contribution in [0, 0.1) is 11.8 Å². The molecule has 2 rings (SSSR count). The van der Waals surface area contributed by atoms with E-state index in [-0.39, 0.29) is 0 Å². The van der Waals surface area contributed by atoms with Crippen LogP contribution in [0.15, 0.2) is 0 Å². The first-order valence-corrected chi connectivity index (χ1v) is 9.43. The Balaban J connectivity index is 2.01. The molecule has 0 aromatic carbocycles. The fourth-order valence-electron chi connectivity index (χ4n) is 3.37. The van der Waals surface area contributed by atoms with Crippen LogP contribution in [0.3, 0.4) is 0 Å². The maximum absolute atomic E-state index is 12.8. The molecule has 0 amide bonds. The molecule has 2 N–H and O–H groups in total. The fourth-order valence-corrected chi connectivity index (χ4v) is 5.15. The smallest absolute Gasteiger partial charge is 0.281 e. The SMILES string of the molecule is CCC1CCCN(S(=O)(=O)N2CCCC(CN)C2)CC1. The van der Waals surface area contributed by atoms with Crippen molar-refractivity contribution in [3.05, 3.63) is 0 Å². The molecule has 2 atom stereocenters. The highest BCUT2D eigenvalue weighted by Gasteiger charge is 2.34. The monoisotopic (exact) mass is 303 g/mol. The van der Waals surface area contributed by atoms with Gasteiger partial charge in [-0.15, -0.1) is 0 Å². The first kappa shape index (κ1) is 16.2. The van der Waals surface area contributed by atoms with Gasteiger partial charge in [0, 0.05) is 26.2 Å². The molecule has 0 bridgehead atoms. The molecule has 2 unspecified atom stereocenters. The maximum Gasteiger partial charge on any atom is 0.281 e. The summed E-state index contributed by atoms with van der Waals surface area (Å²) < 4.78 is 28.9. The molecule has 0 aromatic rings. The van der Waals surface area contributed by atoms with E-state index in [1.54, 1.807) is 8.61 Å². The average Bonchev–Trinajstić information content (AvgIpc) is 2.73. The predicted molar refractivity (Wildman–Crippen MR) is 81.5 cm³/mol. The Hall–Kier alpha value is -0.170. The molecule has 0 radical (unpaired) electrons. The van der Waals surface area contributed by atoms with Crippen LogP contribution < -0.4 is 5.73 Å². The van der Waals surface area contributed by atoms with Crippen molar-refractivity contribution in [1.82, 2.24) is 8.61 Å². The lowest BCUT2D eigenvalue weighted by atomic mass is 9.98. The Morgan fingerprint density at radius 1 is 1.00 bits per heavy atom. The van der Waals surface area contributed by atoms with E-state index in [9.17, 15) is 8.42 Å². The van der Waals surface area contributed by atoms with Gasteiger partial charge in [0.15, 0.2) is 0 Å². The molecule has 0 spiro atoms. The highest BCUT2D eigenvalue weighted by molar-refractivity contribution is 7.86. The van der Waals surface area contributed by atoms with Gasteiger partial charge in [-0.25, -0.2) is 0 Å². The lowest BCUT2D eigenvalue weighted by Crippen LogP contribution is -2.49. The Kier molecular flexibility index (Phi) is 5.84. The van der Waals surface area contributed by atoms with E-state index < -0.39 is 10.2 Å². The molecular formula is C14H29N3O2S. The number of rotatable bonds is 4. The molecular weight excluding hydrogens is 274 g/mol. The topological polar surface area (TPSA) is 66.6 Å². The van der Waals surface area contributed by atoms with Gasteiger partial charge in [0.25, 0.3) is 10.2 Å². The molecule has 2 fully saturated rings. The standard InChI is InChI=1S/C14H29N3O2S/c1-2-13-5-3-8-16(10-7-13)20(18,19)17-9-4-6-14(11-15)12-17/h13-14H,2-12,15H2,1H3. The summed E-state index contributed by atoms with van der Waals surface area (Å²) in [4.78, 5) is 0. The molecule has 2 heterocycles. The molecule has 0 aliphatic carbocycles. The van der Waals surface area contributed by atoms with E-state index in [1.807, 2.05) is 0 Å². The van der Waals surface area contributed by atoms with Gasteiger partial charge in [-0.1, -0.05) is 13.3 Å². The van der Waals surface area contributed by atoms with Crippen LogP contribution in [0.4, 0.5) is 0 Å². The van der Waals surface area contributed by atoms with Crippen LogP contribution in [0.25, 0.3) is 0 Å². The second kappa shape index (κ2) is 7.20. The fraction of sp³-hybridized carbons (Fsp3) is 1.00. The third kappa shape index (κ3) is 3.72. The molecule has 0 aromatic heterocycles. The molecule has 6 heteroatoms. The zero-order chi connectivity index (χ0) is 14.6. The van der Waals surface area contributed by atoms with E-state index in [0.29, 0.717) is 44.6 Å². The van der Waals surface area contributed by atoms with Crippen molar-refractivity contribution < 1.29 is 8.42 Å². The van der Waals surface area contributed by atoms with Crippen LogP contribution in [0.2, 0.25) is 0 Å². The van der Waals surface area contributed by atoms with Crippen LogP contribution in [-0.4, -0.2) is 49.8 Å². The van der Waals surface area contributed by atoms with Gasteiger partial charge in [-0.2, -0.15) is 17.0 Å². The number of hydrogen-bond acceptors (Lipinski definition) is 3. The summed E-state index contributed by atoms with van der Waals surface area (Å²) >= 11 is 0. The van der Waals surface area contributed by atoms with Gasteiger partial charge >= 0.3 is 0 Å². The van der Waals surface area contributed by atoms with Gasteiger partial charge < -0.3 is 5.73 Å². The first-order valence-electron chi connectivity index (χ1n) is 8.03. The molecule has 20 heavy (non-hydrogen) atoms. The van der Waals surface area contributed by atoms with Crippen molar-refractivity contribution in [2.24, 2.45) is 17.6 Å². The van der Waals surface area contributed by atoms with E-state index in [0.717, 1.165) is 38.5 Å². The summed E-state index contributed by atoms with van der Waals surface area (Å²) in [7, 11) is -3.27. The summed E-state index contributed by atoms with van der Waals surface area (Å²) in [6, 6.07) is 0. The Bertz CT molecular complexity index is 399. The molecule has 0 saturated carbocycles. The Morgan fingerprint density at radius 3 is 2.30 bits per heavy atom. The molecule has 5 nitrogen and oxygen atoms in total. The minimum atomic E-state index is -3.27. The molecule has 2 aliphatic rings. The first-order chi connectivity index (χ1) is 9.57. The molecule has 2 aliphatic heterocycles. The highest BCUT2D eigenvalue weighted by Crippen LogP contribution is 2.25. The third-order valence-electron chi connectivity index (χ3n) is 4.85. The Labute approximate surface area is 123 Å². The van der Waals surface area contributed by atoms with E-state index >= 15 is 0 Å². The lowest BCUT2D eigenvalue weighted by Gasteiger charge is -2.34. The third-order valence-corrected chi connectivity index (χ3v) is 6.85. The van der Waals surface area contributed by atoms with Crippen LogP contribution in [0.5, 0.6) is 0 Å². The quantitative estimate of drug-likeness (QED) is 0.854. The largest absolute Gasteiger partial charge is 0.330 e. The van der Waals surface area contributed by atoms with Gasteiger partial charge in [-0.05, 0) is 50.5 Å². The minimum absolute atomic E-state index is 0.328.